The van der Waals surface area contributed by atoms with E-state index in [0.29, 0.717) is 0 Å². The van der Waals surface area contributed by atoms with Gasteiger partial charge in [-0.2, -0.15) is 0 Å². The maximum atomic E-state index is 10.7. The van der Waals surface area contributed by atoms with Crippen molar-refractivity contribution in [3.05, 3.63) is 0 Å². The molecule has 1 aliphatic heterocycles. The lowest BCUT2D eigenvalue weighted by Crippen LogP contribution is -2.35. The summed E-state index contributed by atoms with van der Waals surface area (Å²) < 4.78 is 21.1. The molecule has 0 aliphatic carbocycles. The molecule has 0 bridgehead atoms. The Morgan fingerprint density at radius 2 is 2.29 bits per heavy atom. The minimum Gasteiger partial charge on any atom is -0.463 e. The number of rotatable bonds is 3. The zero-order valence-electron chi connectivity index (χ0n) is 8.75. The SMILES string of the molecule is [2H]CC(=O)OC[C@H]1OC(OC)[C@@H](O)[C@@H]1O. The van der Waals surface area contributed by atoms with Gasteiger partial charge in [0, 0.05) is 15.4 Å². The summed E-state index contributed by atoms with van der Waals surface area (Å²) in [6, 6.07) is 0. The number of carbonyl (C=O) groups excluding carboxylic acids is 1. The molecule has 2 N–H and O–H groups in total. The lowest BCUT2D eigenvalue weighted by atomic mass is 10.1. The van der Waals surface area contributed by atoms with E-state index in [9.17, 15) is 15.0 Å². The minimum atomic E-state index is -1.16. The zero-order chi connectivity index (χ0) is 11.4. The average molecular weight is 207 g/mol. The first-order chi connectivity index (χ1) is 7.10. The number of aliphatic hydroxyl groups is 2. The monoisotopic (exact) mass is 207 g/mol. The fourth-order valence-corrected chi connectivity index (χ4v) is 1.22. The molecule has 82 valence electrons. The van der Waals surface area contributed by atoms with Gasteiger partial charge in [0.2, 0.25) is 0 Å². The van der Waals surface area contributed by atoms with Crippen LogP contribution in [-0.4, -0.2) is 54.5 Å². The lowest BCUT2D eigenvalue weighted by molar-refractivity contribution is -0.164. The summed E-state index contributed by atoms with van der Waals surface area (Å²) in [5.74, 6) is -0.707. The highest BCUT2D eigenvalue weighted by Gasteiger charge is 2.43. The Labute approximate surface area is 82.8 Å². The van der Waals surface area contributed by atoms with Gasteiger partial charge in [0.25, 0.3) is 0 Å². The summed E-state index contributed by atoms with van der Waals surface area (Å²) in [5, 5.41) is 18.8. The molecule has 0 radical (unpaired) electrons. The largest absolute Gasteiger partial charge is 0.463 e. The fourth-order valence-electron chi connectivity index (χ4n) is 1.22. The van der Waals surface area contributed by atoms with Crippen molar-refractivity contribution < 1.29 is 30.6 Å². The van der Waals surface area contributed by atoms with Crippen LogP contribution in [0, 0.1) is 0 Å². The van der Waals surface area contributed by atoms with Crippen LogP contribution in [0.4, 0.5) is 0 Å². The molecule has 1 fully saturated rings. The molecule has 1 saturated heterocycles. The molecule has 14 heavy (non-hydrogen) atoms. The van der Waals surface area contributed by atoms with E-state index in [1.165, 1.54) is 7.11 Å². The standard InChI is InChI=1S/C8H14O6/c1-4(9)13-3-5-6(10)7(11)8(12-2)14-5/h5-8,10-11H,3H2,1-2H3/t5-,6-,7+,8?/m1/s1/i1D. The van der Waals surface area contributed by atoms with Gasteiger partial charge in [0.1, 0.15) is 24.9 Å². The lowest BCUT2D eigenvalue weighted by Gasteiger charge is -2.13. The predicted octanol–water partition coefficient (Wildman–Crippen LogP) is -1.36. The van der Waals surface area contributed by atoms with E-state index in [2.05, 4.69) is 4.74 Å². The number of esters is 1. The molecule has 0 aromatic carbocycles. The molecule has 1 aliphatic rings. The Bertz CT molecular complexity index is 223. The van der Waals surface area contributed by atoms with Crippen LogP contribution in [-0.2, 0) is 19.0 Å². The summed E-state index contributed by atoms with van der Waals surface area (Å²) >= 11 is 0. The van der Waals surface area contributed by atoms with Crippen molar-refractivity contribution in [1.82, 2.24) is 0 Å². The van der Waals surface area contributed by atoms with Gasteiger partial charge >= 0.3 is 5.97 Å². The molecule has 4 atom stereocenters. The molecule has 6 heteroatoms. The molecule has 1 unspecified atom stereocenters. The highest BCUT2D eigenvalue weighted by Crippen LogP contribution is 2.21. The van der Waals surface area contributed by atoms with Crippen LogP contribution in [0.15, 0.2) is 0 Å². The van der Waals surface area contributed by atoms with Crippen LogP contribution in [0.25, 0.3) is 0 Å². The molecule has 1 heterocycles. The molecular formula is C8H14O6. The summed E-state index contributed by atoms with van der Waals surface area (Å²) in [7, 11) is 1.33. The number of hydrogen-bond donors (Lipinski definition) is 2. The average Bonchev–Trinajstić information content (AvgIpc) is 2.52. The Hall–Kier alpha value is -0.690. The van der Waals surface area contributed by atoms with Gasteiger partial charge in [-0.3, -0.25) is 4.79 Å². The quantitative estimate of drug-likeness (QED) is 0.556. The van der Waals surface area contributed by atoms with Crippen LogP contribution in [0.5, 0.6) is 0 Å². The number of hydrogen-bond acceptors (Lipinski definition) is 6. The van der Waals surface area contributed by atoms with Crippen molar-refractivity contribution in [1.29, 1.82) is 0 Å². The Kier molecular flexibility index (Phi) is 3.30. The van der Waals surface area contributed by atoms with Crippen molar-refractivity contribution in [3.8, 4) is 0 Å². The Morgan fingerprint density at radius 1 is 1.57 bits per heavy atom. The summed E-state index contributed by atoms with van der Waals surface area (Å²) in [4.78, 5) is 10.7. The molecule has 0 amide bonds. The molecule has 6 nitrogen and oxygen atoms in total. The van der Waals surface area contributed by atoms with E-state index in [-0.39, 0.29) is 6.61 Å². The topological polar surface area (TPSA) is 85.2 Å². The van der Waals surface area contributed by atoms with E-state index in [0.717, 1.165) is 0 Å². The molecule has 1 rings (SSSR count). The first-order valence-electron chi connectivity index (χ1n) is 4.80. The maximum absolute atomic E-state index is 10.7. The second kappa shape index (κ2) is 4.70. The Balaban J connectivity index is 2.40. The van der Waals surface area contributed by atoms with Crippen molar-refractivity contribution >= 4 is 5.97 Å². The van der Waals surface area contributed by atoms with E-state index in [4.69, 9.17) is 10.8 Å². The molecule has 0 aromatic rings. The van der Waals surface area contributed by atoms with Crippen LogP contribution in [0.2, 0.25) is 0 Å². The van der Waals surface area contributed by atoms with Crippen LogP contribution < -0.4 is 0 Å². The van der Waals surface area contributed by atoms with E-state index < -0.39 is 37.5 Å². The Morgan fingerprint density at radius 3 is 2.79 bits per heavy atom. The smallest absolute Gasteiger partial charge is 0.302 e. The van der Waals surface area contributed by atoms with E-state index in [1.54, 1.807) is 0 Å². The zero-order valence-corrected chi connectivity index (χ0v) is 7.75. The highest BCUT2D eigenvalue weighted by atomic mass is 16.7. The molecule has 0 saturated carbocycles. The third-order valence-corrected chi connectivity index (χ3v) is 1.96. The van der Waals surface area contributed by atoms with Crippen molar-refractivity contribution in [2.24, 2.45) is 0 Å². The second-order valence-electron chi connectivity index (χ2n) is 2.94. The highest BCUT2D eigenvalue weighted by molar-refractivity contribution is 5.65. The van der Waals surface area contributed by atoms with Gasteiger partial charge in [0.05, 0.1) is 0 Å². The first kappa shape index (κ1) is 9.85. The van der Waals surface area contributed by atoms with Gasteiger partial charge < -0.3 is 24.4 Å². The summed E-state index contributed by atoms with van der Waals surface area (Å²) in [6.45, 7) is -0.686. The maximum Gasteiger partial charge on any atom is 0.302 e. The molecule has 0 aromatic heterocycles. The number of ether oxygens (including phenoxy) is 3. The summed E-state index contributed by atoms with van der Waals surface area (Å²) in [5.41, 5.74) is 0. The van der Waals surface area contributed by atoms with Gasteiger partial charge in [-0.15, -0.1) is 0 Å². The first-order valence-corrected chi connectivity index (χ1v) is 4.09. The number of carbonyl (C=O) groups is 1. The number of aliphatic hydroxyl groups excluding tert-OH is 2. The third-order valence-electron chi connectivity index (χ3n) is 1.96. The van der Waals surface area contributed by atoms with Crippen molar-refractivity contribution in [3.63, 3.8) is 0 Å². The van der Waals surface area contributed by atoms with Gasteiger partial charge in [0.15, 0.2) is 6.29 Å². The van der Waals surface area contributed by atoms with Gasteiger partial charge in [-0.05, 0) is 0 Å². The summed E-state index contributed by atoms with van der Waals surface area (Å²) in [6.07, 6.45) is -4.05. The number of methoxy groups -OCH3 is 1. The van der Waals surface area contributed by atoms with Crippen LogP contribution in [0.1, 0.15) is 8.27 Å². The second-order valence-corrected chi connectivity index (χ2v) is 2.94. The molecule has 0 spiro atoms. The third kappa shape index (κ3) is 2.42. The predicted molar refractivity (Wildman–Crippen MR) is 44.3 cm³/mol. The van der Waals surface area contributed by atoms with E-state index >= 15 is 0 Å². The normalized spacial score (nSPS) is 38.1. The van der Waals surface area contributed by atoms with Crippen LogP contribution in [0.3, 0.4) is 0 Å². The van der Waals surface area contributed by atoms with Crippen molar-refractivity contribution in [2.75, 3.05) is 13.7 Å². The van der Waals surface area contributed by atoms with Crippen LogP contribution >= 0.6 is 0 Å². The molecular weight excluding hydrogens is 192 g/mol. The van der Waals surface area contributed by atoms with Gasteiger partial charge in [-0.1, -0.05) is 0 Å². The van der Waals surface area contributed by atoms with E-state index in [1.807, 2.05) is 0 Å². The van der Waals surface area contributed by atoms with Gasteiger partial charge in [-0.25, -0.2) is 0 Å². The van der Waals surface area contributed by atoms with Crippen molar-refractivity contribution in [2.45, 2.75) is 31.5 Å². The minimum absolute atomic E-state index is 0.199. The fraction of sp³-hybridized carbons (Fsp3) is 0.875.